The fourth-order valence-electron chi connectivity index (χ4n) is 1.65. The third-order valence-corrected chi connectivity index (χ3v) is 2.42. The molecule has 4 N–H and O–H groups in total. The summed E-state index contributed by atoms with van der Waals surface area (Å²) >= 11 is 0. The van der Waals surface area contributed by atoms with Crippen LogP contribution in [0.1, 0.15) is 26.2 Å². The van der Waals surface area contributed by atoms with E-state index in [1.54, 1.807) is 6.92 Å². The van der Waals surface area contributed by atoms with Gasteiger partial charge in [-0.05, 0) is 26.2 Å². The van der Waals surface area contributed by atoms with E-state index in [9.17, 15) is 4.79 Å². The molecule has 0 aromatic rings. The van der Waals surface area contributed by atoms with Crippen molar-refractivity contribution in [1.82, 2.24) is 5.32 Å². The fourth-order valence-corrected chi connectivity index (χ4v) is 1.65. The minimum Gasteiger partial charge on any atom is -0.392 e. The molecule has 4 nitrogen and oxygen atoms in total. The van der Waals surface area contributed by atoms with Gasteiger partial charge in [-0.1, -0.05) is 0 Å². The Morgan fingerprint density at radius 3 is 2.85 bits per heavy atom. The average Bonchev–Trinajstić information content (AvgIpc) is 2.47. The second-order valence-electron chi connectivity index (χ2n) is 3.86. The molecule has 0 bridgehead atoms. The molecule has 0 aromatic heterocycles. The van der Waals surface area contributed by atoms with Crippen LogP contribution in [0.4, 0.5) is 0 Å². The summed E-state index contributed by atoms with van der Waals surface area (Å²) in [6.07, 6.45) is 2.13. The number of amides is 1. The summed E-state index contributed by atoms with van der Waals surface area (Å²) in [5.74, 6) is 0.0996. The smallest absolute Gasteiger partial charge is 0.223 e. The minimum absolute atomic E-state index is 0.0360. The molecule has 1 saturated carbocycles. The van der Waals surface area contributed by atoms with Crippen LogP contribution >= 0.6 is 0 Å². The summed E-state index contributed by atoms with van der Waals surface area (Å²) in [6, 6.07) is 0.183. The van der Waals surface area contributed by atoms with Gasteiger partial charge < -0.3 is 16.2 Å². The minimum atomic E-state index is -0.473. The van der Waals surface area contributed by atoms with Crippen LogP contribution in [0.5, 0.6) is 0 Å². The van der Waals surface area contributed by atoms with E-state index >= 15 is 0 Å². The molecule has 1 rings (SSSR count). The van der Waals surface area contributed by atoms with Crippen LogP contribution in [-0.2, 0) is 4.79 Å². The lowest BCUT2D eigenvalue weighted by atomic mass is 10.1. The molecule has 0 spiro atoms. The molecule has 1 aliphatic carbocycles. The Hall–Kier alpha value is -0.610. The van der Waals surface area contributed by atoms with Gasteiger partial charge in [0.05, 0.1) is 6.10 Å². The third-order valence-electron chi connectivity index (χ3n) is 2.42. The molecule has 76 valence electrons. The fraction of sp³-hybridized carbons (Fsp3) is 0.889. The number of nitrogens with two attached hydrogens (primary N) is 1. The summed E-state index contributed by atoms with van der Waals surface area (Å²) in [5.41, 5.74) is 5.69. The van der Waals surface area contributed by atoms with Crippen molar-refractivity contribution in [3.8, 4) is 0 Å². The van der Waals surface area contributed by atoms with Crippen LogP contribution in [0.15, 0.2) is 0 Å². The molecule has 4 heteroatoms. The van der Waals surface area contributed by atoms with Crippen molar-refractivity contribution in [2.45, 2.75) is 38.3 Å². The first kappa shape index (κ1) is 10.5. The normalized spacial score (nSPS) is 30.1. The van der Waals surface area contributed by atoms with Crippen molar-refractivity contribution in [3.05, 3.63) is 0 Å². The molecular weight excluding hydrogens is 168 g/mol. The van der Waals surface area contributed by atoms with E-state index < -0.39 is 6.10 Å². The predicted molar refractivity (Wildman–Crippen MR) is 50.0 cm³/mol. The van der Waals surface area contributed by atoms with Crippen LogP contribution in [0.2, 0.25) is 0 Å². The molecule has 0 heterocycles. The maximum Gasteiger partial charge on any atom is 0.223 e. The summed E-state index contributed by atoms with van der Waals surface area (Å²) in [4.78, 5) is 11.4. The van der Waals surface area contributed by atoms with Gasteiger partial charge >= 0.3 is 0 Å². The lowest BCUT2D eigenvalue weighted by Gasteiger charge is -2.11. The molecule has 0 aromatic carbocycles. The molecular formula is C9H18N2O2. The van der Waals surface area contributed by atoms with Crippen molar-refractivity contribution < 1.29 is 9.90 Å². The van der Waals surface area contributed by atoms with E-state index in [4.69, 9.17) is 10.8 Å². The summed E-state index contributed by atoms with van der Waals surface area (Å²) in [6.45, 7) is 1.99. The van der Waals surface area contributed by atoms with Crippen molar-refractivity contribution in [3.63, 3.8) is 0 Å². The highest BCUT2D eigenvalue weighted by atomic mass is 16.3. The summed E-state index contributed by atoms with van der Waals surface area (Å²) in [5, 5.41) is 11.7. The van der Waals surface area contributed by atoms with Crippen LogP contribution in [-0.4, -0.2) is 29.7 Å². The number of aliphatic hydroxyl groups excluding tert-OH is 1. The molecule has 3 atom stereocenters. The SMILES string of the molecule is C[C@@H](O)CNC(=O)C1CCC(N)C1. The predicted octanol–water partition coefficient (Wildman–Crippen LogP) is -0.389. The van der Waals surface area contributed by atoms with E-state index in [0.29, 0.717) is 6.54 Å². The standard InChI is InChI=1S/C9H18N2O2/c1-6(12)5-11-9(13)7-2-3-8(10)4-7/h6-8,12H,2-5,10H2,1H3,(H,11,13)/t6-,7?,8?/m1/s1. The zero-order valence-electron chi connectivity index (χ0n) is 7.99. The van der Waals surface area contributed by atoms with Gasteiger partial charge in [0, 0.05) is 18.5 Å². The number of rotatable bonds is 3. The Bertz CT molecular complexity index is 182. The number of aliphatic hydroxyl groups is 1. The van der Waals surface area contributed by atoms with Gasteiger partial charge in [-0.3, -0.25) is 4.79 Å². The number of nitrogens with one attached hydrogen (secondary N) is 1. The largest absolute Gasteiger partial charge is 0.392 e. The molecule has 0 saturated heterocycles. The van der Waals surface area contributed by atoms with E-state index in [1.807, 2.05) is 0 Å². The van der Waals surface area contributed by atoms with Crippen molar-refractivity contribution >= 4 is 5.91 Å². The Morgan fingerprint density at radius 1 is 1.69 bits per heavy atom. The highest BCUT2D eigenvalue weighted by Crippen LogP contribution is 2.23. The van der Waals surface area contributed by atoms with Crippen molar-refractivity contribution in [2.75, 3.05) is 6.54 Å². The zero-order chi connectivity index (χ0) is 9.84. The van der Waals surface area contributed by atoms with Crippen molar-refractivity contribution in [1.29, 1.82) is 0 Å². The lowest BCUT2D eigenvalue weighted by molar-refractivity contribution is -0.125. The molecule has 1 amide bonds. The van der Waals surface area contributed by atoms with Gasteiger partial charge in [-0.25, -0.2) is 0 Å². The molecule has 0 radical (unpaired) electrons. The number of hydrogen-bond donors (Lipinski definition) is 3. The number of carbonyl (C=O) groups excluding carboxylic acids is 1. The Morgan fingerprint density at radius 2 is 2.38 bits per heavy atom. The van der Waals surface area contributed by atoms with E-state index in [2.05, 4.69) is 5.32 Å². The van der Waals surface area contributed by atoms with E-state index in [-0.39, 0.29) is 17.9 Å². The zero-order valence-corrected chi connectivity index (χ0v) is 7.99. The van der Waals surface area contributed by atoms with Crippen molar-refractivity contribution in [2.24, 2.45) is 11.7 Å². The van der Waals surface area contributed by atoms with Gasteiger partial charge in [0.25, 0.3) is 0 Å². The maximum atomic E-state index is 11.4. The molecule has 2 unspecified atom stereocenters. The van der Waals surface area contributed by atoms with Gasteiger partial charge in [0.2, 0.25) is 5.91 Å². The quantitative estimate of drug-likeness (QED) is 0.562. The second kappa shape index (κ2) is 4.58. The van der Waals surface area contributed by atoms with Crippen LogP contribution in [0.25, 0.3) is 0 Å². The van der Waals surface area contributed by atoms with Gasteiger partial charge in [-0.2, -0.15) is 0 Å². The van der Waals surface area contributed by atoms with E-state index in [0.717, 1.165) is 19.3 Å². The van der Waals surface area contributed by atoms with Crippen LogP contribution < -0.4 is 11.1 Å². The lowest BCUT2D eigenvalue weighted by Crippen LogP contribution is -2.35. The van der Waals surface area contributed by atoms with Gasteiger partial charge in [0.1, 0.15) is 0 Å². The van der Waals surface area contributed by atoms with Crippen LogP contribution in [0, 0.1) is 5.92 Å². The average molecular weight is 186 g/mol. The van der Waals surface area contributed by atoms with Gasteiger partial charge in [-0.15, -0.1) is 0 Å². The first-order valence-electron chi connectivity index (χ1n) is 4.81. The molecule has 0 aliphatic heterocycles. The molecule has 13 heavy (non-hydrogen) atoms. The molecule has 1 aliphatic rings. The Balaban J connectivity index is 2.24. The monoisotopic (exact) mass is 186 g/mol. The summed E-state index contributed by atoms with van der Waals surface area (Å²) in [7, 11) is 0. The van der Waals surface area contributed by atoms with Gasteiger partial charge in [0.15, 0.2) is 0 Å². The summed E-state index contributed by atoms with van der Waals surface area (Å²) < 4.78 is 0. The highest BCUT2D eigenvalue weighted by Gasteiger charge is 2.27. The molecule has 1 fully saturated rings. The Kier molecular flexibility index (Phi) is 3.69. The number of hydrogen-bond acceptors (Lipinski definition) is 3. The topological polar surface area (TPSA) is 75.3 Å². The first-order chi connectivity index (χ1) is 6.09. The third kappa shape index (κ3) is 3.32. The van der Waals surface area contributed by atoms with Crippen LogP contribution in [0.3, 0.4) is 0 Å². The number of carbonyl (C=O) groups is 1. The Labute approximate surface area is 78.5 Å². The second-order valence-corrected chi connectivity index (χ2v) is 3.86. The maximum absolute atomic E-state index is 11.4. The van der Waals surface area contributed by atoms with E-state index in [1.165, 1.54) is 0 Å². The highest BCUT2D eigenvalue weighted by molar-refractivity contribution is 5.79. The first-order valence-corrected chi connectivity index (χ1v) is 4.81.